The molecule has 0 aliphatic carbocycles. The van der Waals surface area contributed by atoms with Crippen LogP contribution in [-0.2, 0) is 6.42 Å². The number of carbonyl (C=O) groups excluding carboxylic acids is 1. The second kappa shape index (κ2) is 6.55. The van der Waals surface area contributed by atoms with Crippen LogP contribution in [0, 0.1) is 18.3 Å². The molecule has 0 aromatic heterocycles. The van der Waals surface area contributed by atoms with E-state index >= 15 is 0 Å². The molecule has 0 bridgehead atoms. The van der Waals surface area contributed by atoms with Crippen molar-refractivity contribution in [1.29, 1.82) is 5.26 Å². The summed E-state index contributed by atoms with van der Waals surface area (Å²) in [5, 5.41) is 8.75. The number of hydrogen-bond acceptors (Lipinski definition) is 2. The Kier molecular flexibility index (Phi) is 4.77. The summed E-state index contributed by atoms with van der Waals surface area (Å²) in [6.07, 6.45) is 0.308. The highest BCUT2D eigenvalue weighted by Gasteiger charge is 2.15. The second-order valence-corrected chi connectivity index (χ2v) is 5.75. The maximum absolute atomic E-state index is 12.6. The van der Waals surface area contributed by atoms with Gasteiger partial charge in [-0.15, -0.1) is 0 Å². The molecule has 0 aliphatic heterocycles. The van der Waals surface area contributed by atoms with Crippen molar-refractivity contribution in [3.05, 3.63) is 63.6 Å². The van der Waals surface area contributed by atoms with Crippen LogP contribution in [-0.4, -0.2) is 13.0 Å². The minimum absolute atomic E-state index is 0.0831. The topological polar surface area (TPSA) is 44.1 Å². The zero-order valence-corrected chi connectivity index (χ0v) is 13.5. The van der Waals surface area contributed by atoms with Gasteiger partial charge in [0.2, 0.25) is 0 Å². The van der Waals surface area contributed by atoms with Gasteiger partial charge in [0.05, 0.1) is 12.5 Å². The molecule has 0 aliphatic rings. The fourth-order valence-electron chi connectivity index (χ4n) is 2.20. The number of carbonyl (C=O) groups is 1. The van der Waals surface area contributed by atoms with E-state index in [0.29, 0.717) is 12.0 Å². The molecule has 0 fully saturated rings. The van der Waals surface area contributed by atoms with Crippen LogP contribution in [0.5, 0.6) is 0 Å². The first-order valence-corrected chi connectivity index (χ1v) is 7.32. The van der Waals surface area contributed by atoms with Crippen molar-refractivity contribution in [3.8, 4) is 6.07 Å². The number of aryl methyl sites for hydroxylation is 1. The van der Waals surface area contributed by atoms with Crippen LogP contribution in [0.2, 0.25) is 0 Å². The molecule has 2 rings (SSSR count). The number of benzene rings is 2. The number of nitrogens with zero attached hydrogens (tertiary/aromatic N) is 2. The van der Waals surface area contributed by atoms with E-state index < -0.39 is 0 Å². The third-order valence-electron chi connectivity index (χ3n) is 3.28. The largest absolute Gasteiger partial charge is 0.311 e. The van der Waals surface area contributed by atoms with Gasteiger partial charge in [-0.3, -0.25) is 4.79 Å². The third-order valence-corrected chi connectivity index (χ3v) is 3.78. The summed E-state index contributed by atoms with van der Waals surface area (Å²) in [5.74, 6) is -0.0831. The van der Waals surface area contributed by atoms with Gasteiger partial charge in [-0.25, -0.2) is 0 Å². The highest BCUT2D eigenvalue weighted by atomic mass is 79.9. The first kappa shape index (κ1) is 15.3. The van der Waals surface area contributed by atoms with E-state index in [1.54, 1.807) is 24.1 Å². The van der Waals surface area contributed by atoms with E-state index in [1.165, 1.54) is 0 Å². The SMILES string of the molecule is Cc1cc(Br)ccc1N(C)C(=O)c1cccc(CC#N)c1. The monoisotopic (exact) mass is 342 g/mol. The molecule has 0 unspecified atom stereocenters. The van der Waals surface area contributed by atoms with E-state index in [9.17, 15) is 4.79 Å². The van der Waals surface area contributed by atoms with Crippen LogP contribution in [0.3, 0.4) is 0 Å². The summed E-state index contributed by atoms with van der Waals surface area (Å²) >= 11 is 3.42. The Morgan fingerprint density at radius 1 is 1.29 bits per heavy atom. The van der Waals surface area contributed by atoms with Crippen molar-refractivity contribution < 1.29 is 4.79 Å². The minimum atomic E-state index is -0.0831. The molecule has 0 atom stereocenters. The third kappa shape index (κ3) is 3.50. The van der Waals surface area contributed by atoms with E-state index in [4.69, 9.17) is 5.26 Å². The lowest BCUT2D eigenvalue weighted by Crippen LogP contribution is -2.27. The Morgan fingerprint density at radius 2 is 2.05 bits per heavy atom. The standard InChI is InChI=1S/C17H15BrN2O/c1-12-10-15(18)6-7-16(12)20(2)17(21)14-5-3-4-13(11-14)8-9-19/h3-7,10-11H,8H2,1-2H3. The first-order valence-electron chi connectivity index (χ1n) is 6.53. The van der Waals surface area contributed by atoms with Crippen LogP contribution < -0.4 is 4.90 Å². The number of anilines is 1. The predicted octanol–water partition coefficient (Wildman–Crippen LogP) is 4.10. The molecule has 0 radical (unpaired) electrons. The maximum Gasteiger partial charge on any atom is 0.258 e. The van der Waals surface area contributed by atoms with Gasteiger partial charge in [0.1, 0.15) is 0 Å². The average molecular weight is 343 g/mol. The molecule has 0 spiro atoms. The normalized spacial score (nSPS) is 10.0. The van der Waals surface area contributed by atoms with Crippen LogP contribution in [0.25, 0.3) is 0 Å². The molecule has 3 nitrogen and oxygen atoms in total. The fourth-order valence-corrected chi connectivity index (χ4v) is 2.68. The van der Waals surface area contributed by atoms with E-state index in [-0.39, 0.29) is 5.91 Å². The quantitative estimate of drug-likeness (QED) is 0.842. The summed E-state index contributed by atoms with van der Waals surface area (Å²) in [6, 6.07) is 15.1. The Balaban J connectivity index is 2.31. The lowest BCUT2D eigenvalue weighted by Gasteiger charge is -2.20. The summed E-state index contributed by atoms with van der Waals surface area (Å²) in [6.45, 7) is 1.97. The van der Waals surface area contributed by atoms with Crippen molar-refractivity contribution >= 4 is 27.5 Å². The Hall–Kier alpha value is -2.12. The maximum atomic E-state index is 12.6. The van der Waals surface area contributed by atoms with Gasteiger partial charge < -0.3 is 4.90 Å². The number of hydrogen-bond donors (Lipinski definition) is 0. The van der Waals surface area contributed by atoms with Crippen LogP contribution in [0.4, 0.5) is 5.69 Å². The smallest absolute Gasteiger partial charge is 0.258 e. The molecular formula is C17H15BrN2O. The van der Waals surface area contributed by atoms with Crippen molar-refractivity contribution in [2.24, 2.45) is 0 Å². The van der Waals surface area contributed by atoms with Crippen molar-refractivity contribution in [2.45, 2.75) is 13.3 Å². The number of nitriles is 1. The summed E-state index contributed by atoms with van der Waals surface area (Å²) in [4.78, 5) is 14.2. The van der Waals surface area contributed by atoms with Crippen LogP contribution in [0.1, 0.15) is 21.5 Å². The molecule has 0 N–H and O–H groups in total. The average Bonchev–Trinajstić information content (AvgIpc) is 2.46. The van der Waals surface area contributed by atoms with Crippen LogP contribution >= 0.6 is 15.9 Å². The van der Waals surface area contributed by atoms with Crippen LogP contribution in [0.15, 0.2) is 46.9 Å². The molecule has 2 aromatic rings. The molecule has 0 heterocycles. The molecule has 21 heavy (non-hydrogen) atoms. The predicted molar refractivity (Wildman–Crippen MR) is 87.4 cm³/mol. The van der Waals surface area contributed by atoms with Gasteiger partial charge in [0, 0.05) is 22.8 Å². The van der Waals surface area contributed by atoms with Gasteiger partial charge in [0.25, 0.3) is 5.91 Å². The van der Waals surface area contributed by atoms with Crippen molar-refractivity contribution in [2.75, 3.05) is 11.9 Å². The second-order valence-electron chi connectivity index (χ2n) is 4.83. The van der Waals surface area contributed by atoms with Crippen molar-refractivity contribution in [1.82, 2.24) is 0 Å². The molecule has 0 saturated heterocycles. The number of rotatable bonds is 3. The first-order chi connectivity index (χ1) is 10.0. The lowest BCUT2D eigenvalue weighted by atomic mass is 10.1. The summed E-state index contributed by atoms with van der Waals surface area (Å²) in [5.41, 5.74) is 3.33. The number of amides is 1. The highest BCUT2D eigenvalue weighted by molar-refractivity contribution is 9.10. The van der Waals surface area contributed by atoms with Gasteiger partial charge >= 0.3 is 0 Å². The Morgan fingerprint density at radius 3 is 2.71 bits per heavy atom. The van der Waals surface area contributed by atoms with Gasteiger partial charge in [-0.05, 0) is 48.4 Å². The molecular weight excluding hydrogens is 328 g/mol. The van der Waals surface area contributed by atoms with E-state index in [1.807, 2.05) is 37.3 Å². The number of halogens is 1. The molecule has 2 aromatic carbocycles. The zero-order valence-electron chi connectivity index (χ0n) is 11.9. The van der Waals surface area contributed by atoms with E-state index in [0.717, 1.165) is 21.3 Å². The molecule has 4 heteroatoms. The van der Waals surface area contributed by atoms with Gasteiger partial charge in [-0.1, -0.05) is 28.1 Å². The zero-order chi connectivity index (χ0) is 15.4. The minimum Gasteiger partial charge on any atom is -0.311 e. The molecule has 1 amide bonds. The Bertz CT molecular complexity index is 719. The van der Waals surface area contributed by atoms with Gasteiger partial charge in [-0.2, -0.15) is 5.26 Å². The highest BCUT2D eigenvalue weighted by Crippen LogP contribution is 2.24. The van der Waals surface area contributed by atoms with Crippen molar-refractivity contribution in [3.63, 3.8) is 0 Å². The fraction of sp³-hybridized carbons (Fsp3) is 0.176. The molecule has 0 saturated carbocycles. The van der Waals surface area contributed by atoms with Gasteiger partial charge in [0.15, 0.2) is 0 Å². The Labute approximate surface area is 132 Å². The lowest BCUT2D eigenvalue weighted by molar-refractivity contribution is 0.0993. The molecule has 106 valence electrons. The summed E-state index contributed by atoms with van der Waals surface area (Å²) in [7, 11) is 1.76. The van der Waals surface area contributed by atoms with E-state index in [2.05, 4.69) is 22.0 Å². The summed E-state index contributed by atoms with van der Waals surface area (Å²) < 4.78 is 0.987.